The number of nitrogens with zero attached hydrogens (tertiary/aromatic N) is 2. The summed E-state index contributed by atoms with van der Waals surface area (Å²) in [5, 5.41) is 0.286. The third-order valence-corrected chi connectivity index (χ3v) is 4.83. The van der Waals surface area contributed by atoms with Gasteiger partial charge < -0.3 is 5.73 Å². The molecule has 2 aromatic rings. The van der Waals surface area contributed by atoms with Crippen LogP contribution in [0.1, 0.15) is 0 Å². The molecule has 0 atom stereocenters. The van der Waals surface area contributed by atoms with Crippen molar-refractivity contribution in [3.8, 4) is 0 Å². The van der Waals surface area contributed by atoms with Gasteiger partial charge in [0.1, 0.15) is 4.60 Å². The summed E-state index contributed by atoms with van der Waals surface area (Å²) in [4.78, 5) is 7.89. The molecule has 1 aromatic carbocycles. The number of nitrogens with one attached hydrogen (secondary N) is 1. The topological polar surface area (TPSA) is 98.0 Å². The first-order valence-corrected chi connectivity index (χ1v) is 8.50. The number of nitrogen functional groups attached to an aromatic ring is 1. The van der Waals surface area contributed by atoms with Gasteiger partial charge in [0.2, 0.25) is 0 Å². The summed E-state index contributed by atoms with van der Waals surface area (Å²) in [5.41, 5.74) is 5.77. The Morgan fingerprint density at radius 1 is 1.30 bits per heavy atom. The van der Waals surface area contributed by atoms with Gasteiger partial charge in [-0.05, 0) is 50.1 Å². The van der Waals surface area contributed by atoms with Crippen molar-refractivity contribution in [3.63, 3.8) is 0 Å². The van der Waals surface area contributed by atoms with Gasteiger partial charge in [-0.15, -0.1) is 0 Å². The normalized spacial score (nSPS) is 11.3. The molecule has 0 saturated heterocycles. The minimum atomic E-state index is -3.82. The lowest BCUT2D eigenvalue weighted by Crippen LogP contribution is -2.15. The van der Waals surface area contributed by atoms with Crippen LogP contribution in [0.4, 0.5) is 11.5 Å². The molecule has 0 radical (unpaired) electrons. The van der Waals surface area contributed by atoms with E-state index in [0.717, 1.165) is 0 Å². The Morgan fingerprint density at radius 3 is 2.60 bits per heavy atom. The van der Waals surface area contributed by atoms with E-state index in [2.05, 4.69) is 46.5 Å². The van der Waals surface area contributed by atoms with E-state index in [1.165, 1.54) is 24.4 Å². The second kappa shape index (κ2) is 5.84. The first-order chi connectivity index (χ1) is 9.29. The zero-order chi connectivity index (χ0) is 14.9. The van der Waals surface area contributed by atoms with Gasteiger partial charge in [0.15, 0.2) is 10.4 Å². The molecule has 0 spiro atoms. The van der Waals surface area contributed by atoms with Crippen molar-refractivity contribution < 1.29 is 8.42 Å². The molecular formula is C10H7Br2ClN4O2S. The van der Waals surface area contributed by atoms with Gasteiger partial charge >= 0.3 is 0 Å². The van der Waals surface area contributed by atoms with E-state index in [1.54, 1.807) is 0 Å². The number of anilines is 2. The minimum absolute atomic E-state index is 0.0176. The fourth-order valence-electron chi connectivity index (χ4n) is 1.29. The van der Waals surface area contributed by atoms with Crippen LogP contribution in [0.2, 0.25) is 5.02 Å². The first-order valence-electron chi connectivity index (χ1n) is 5.05. The number of nitrogens with two attached hydrogens (primary N) is 1. The summed E-state index contributed by atoms with van der Waals surface area (Å²) in [5.74, 6) is 0.0710. The molecule has 1 heterocycles. The number of rotatable bonds is 3. The molecule has 106 valence electrons. The zero-order valence-corrected chi connectivity index (χ0v) is 14.4. The van der Waals surface area contributed by atoms with Crippen LogP contribution < -0.4 is 10.5 Å². The number of benzene rings is 1. The molecule has 10 heteroatoms. The Bertz CT molecular complexity index is 770. The third-order valence-electron chi connectivity index (χ3n) is 2.21. The molecule has 0 aliphatic carbocycles. The molecule has 6 nitrogen and oxygen atoms in total. The standard InChI is InChI=1S/C10H7Br2ClN4O2S/c11-8-4-15-10(9(12)16-8)17-20(18,19)5-1-2-6(13)7(14)3-5/h1-4H,14H2,(H,15,17). The van der Waals surface area contributed by atoms with Gasteiger partial charge in [-0.25, -0.2) is 18.4 Å². The molecule has 0 saturated carbocycles. The molecule has 0 aliphatic heterocycles. The van der Waals surface area contributed by atoms with Crippen molar-refractivity contribution in [2.45, 2.75) is 4.90 Å². The average Bonchev–Trinajstić information content (AvgIpc) is 2.36. The summed E-state index contributed by atoms with van der Waals surface area (Å²) in [6.45, 7) is 0. The lowest BCUT2D eigenvalue weighted by atomic mass is 10.3. The van der Waals surface area contributed by atoms with Crippen LogP contribution in [0, 0.1) is 0 Å². The largest absolute Gasteiger partial charge is 0.397 e. The predicted molar refractivity (Wildman–Crippen MR) is 84.1 cm³/mol. The molecule has 2 rings (SSSR count). The van der Waals surface area contributed by atoms with E-state index in [1.807, 2.05) is 0 Å². The van der Waals surface area contributed by atoms with Crippen molar-refractivity contribution in [2.75, 3.05) is 10.5 Å². The van der Waals surface area contributed by atoms with E-state index in [4.69, 9.17) is 17.3 Å². The molecular weight excluding hydrogens is 435 g/mol. The van der Waals surface area contributed by atoms with Gasteiger partial charge in [0.25, 0.3) is 10.0 Å². The summed E-state index contributed by atoms with van der Waals surface area (Å²) >= 11 is 12.0. The lowest BCUT2D eigenvalue weighted by molar-refractivity contribution is 0.601. The van der Waals surface area contributed by atoms with Gasteiger partial charge in [0, 0.05) is 0 Å². The summed E-state index contributed by atoms with van der Waals surface area (Å²) in [6.07, 6.45) is 1.37. The van der Waals surface area contributed by atoms with Crippen LogP contribution in [0.3, 0.4) is 0 Å². The maximum Gasteiger partial charge on any atom is 0.263 e. The quantitative estimate of drug-likeness (QED) is 0.712. The summed E-state index contributed by atoms with van der Waals surface area (Å²) in [7, 11) is -3.82. The molecule has 0 amide bonds. The SMILES string of the molecule is Nc1cc(S(=O)(=O)Nc2ncc(Br)nc2Br)ccc1Cl. The summed E-state index contributed by atoms with van der Waals surface area (Å²) in [6, 6.07) is 4.03. The zero-order valence-electron chi connectivity index (χ0n) is 9.64. The third kappa shape index (κ3) is 3.40. The highest BCUT2D eigenvalue weighted by Gasteiger charge is 2.18. The monoisotopic (exact) mass is 440 g/mol. The van der Waals surface area contributed by atoms with Crippen LogP contribution in [-0.4, -0.2) is 18.4 Å². The van der Waals surface area contributed by atoms with Crippen molar-refractivity contribution >= 4 is 65.0 Å². The highest BCUT2D eigenvalue weighted by Crippen LogP contribution is 2.25. The molecule has 20 heavy (non-hydrogen) atoms. The van der Waals surface area contributed by atoms with Crippen molar-refractivity contribution in [3.05, 3.63) is 38.6 Å². The van der Waals surface area contributed by atoms with E-state index in [9.17, 15) is 8.42 Å². The molecule has 0 fully saturated rings. The van der Waals surface area contributed by atoms with Crippen LogP contribution in [-0.2, 0) is 10.0 Å². The number of sulfonamides is 1. The fourth-order valence-corrected chi connectivity index (χ4v) is 3.50. The van der Waals surface area contributed by atoms with Crippen LogP contribution in [0.5, 0.6) is 0 Å². The second-order valence-corrected chi connectivity index (χ2v) is 7.27. The fraction of sp³-hybridized carbons (Fsp3) is 0. The number of hydrogen-bond donors (Lipinski definition) is 2. The van der Waals surface area contributed by atoms with Crippen molar-refractivity contribution in [1.82, 2.24) is 9.97 Å². The van der Waals surface area contributed by atoms with E-state index in [-0.39, 0.29) is 26.0 Å². The van der Waals surface area contributed by atoms with Crippen LogP contribution >= 0.6 is 43.5 Å². The van der Waals surface area contributed by atoms with E-state index in [0.29, 0.717) is 4.60 Å². The molecule has 0 unspecified atom stereocenters. The van der Waals surface area contributed by atoms with Crippen LogP contribution in [0.25, 0.3) is 0 Å². The molecule has 0 aliphatic rings. The number of halogens is 3. The maximum absolute atomic E-state index is 12.2. The van der Waals surface area contributed by atoms with Gasteiger partial charge in [-0.3, -0.25) is 4.72 Å². The minimum Gasteiger partial charge on any atom is -0.397 e. The highest BCUT2D eigenvalue weighted by molar-refractivity contribution is 9.11. The smallest absolute Gasteiger partial charge is 0.263 e. The van der Waals surface area contributed by atoms with Gasteiger partial charge in [0.05, 0.1) is 21.8 Å². The lowest BCUT2D eigenvalue weighted by Gasteiger charge is -2.09. The Morgan fingerprint density at radius 2 is 2.00 bits per heavy atom. The van der Waals surface area contributed by atoms with Crippen molar-refractivity contribution in [1.29, 1.82) is 0 Å². The molecule has 1 aromatic heterocycles. The summed E-state index contributed by atoms with van der Waals surface area (Å²) < 4.78 is 27.4. The second-order valence-electron chi connectivity index (χ2n) is 3.62. The molecule has 0 bridgehead atoms. The number of aromatic nitrogens is 2. The van der Waals surface area contributed by atoms with E-state index >= 15 is 0 Å². The Hall–Kier alpha value is -0.900. The van der Waals surface area contributed by atoms with Gasteiger partial charge in [-0.1, -0.05) is 11.6 Å². The van der Waals surface area contributed by atoms with Crippen LogP contribution in [0.15, 0.2) is 38.5 Å². The van der Waals surface area contributed by atoms with Gasteiger partial charge in [-0.2, -0.15) is 0 Å². The Kier molecular flexibility index (Phi) is 4.52. The predicted octanol–water partition coefficient (Wildman–Crippen LogP) is 3.04. The Labute approximate surface area is 137 Å². The highest BCUT2D eigenvalue weighted by atomic mass is 79.9. The van der Waals surface area contributed by atoms with Crippen molar-refractivity contribution in [2.24, 2.45) is 0 Å². The molecule has 3 N–H and O–H groups in total. The number of hydrogen-bond acceptors (Lipinski definition) is 5. The van der Waals surface area contributed by atoms with E-state index < -0.39 is 10.0 Å². The Balaban J connectivity index is 2.38. The average molecular weight is 443 g/mol. The maximum atomic E-state index is 12.2. The first kappa shape index (κ1) is 15.5.